The fourth-order valence-corrected chi connectivity index (χ4v) is 2.85. The van der Waals surface area contributed by atoms with Gasteiger partial charge in [0.25, 0.3) is 0 Å². The van der Waals surface area contributed by atoms with Crippen molar-refractivity contribution in [1.29, 1.82) is 0 Å². The van der Waals surface area contributed by atoms with Crippen LogP contribution in [-0.4, -0.2) is 24.9 Å². The summed E-state index contributed by atoms with van der Waals surface area (Å²) in [6, 6.07) is 5.38. The van der Waals surface area contributed by atoms with E-state index in [1.54, 1.807) is 18.3 Å². The van der Waals surface area contributed by atoms with E-state index in [0.717, 1.165) is 10.6 Å². The van der Waals surface area contributed by atoms with Gasteiger partial charge < -0.3 is 0 Å². The Bertz CT molecular complexity index is 843. The lowest BCUT2D eigenvalue weighted by Gasteiger charge is -2.12. The number of aryl methyl sites for hydroxylation is 2. The van der Waals surface area contributed by atoms with Gasteiger partial charge in [-0.05, 0) is 26.0 Å². The Labute approximate surface area is 157 Å². The summed E-state index contributed by atoms with van der Waals surface area (Å²) >= 11 is 19.3. The third kappa shape index (κ3) is 3.92. The Balaban J connectivity index is 2.05. The smallest absolute Gasteiger partial charge is 0.250 e. The molecule has 3 heterocycles. The van der Waals surface area contributed by atoms with E-state index >= 15 is 0 Å². The number of halogens is 3. The molecule has 0 bridgehead atoms. The monoisotopic (exact) mass is 400 g/mol. The van der Waals surface area contributed by atoms with E-state index in [1.807, 2.05) is 19.9 Å². The first-order valence-corrected chi connectivity index (χ1v) is 8.73. The van der Waals surface area contributed by atoms with Crippen molar-refractivity contribution in [3.05, 3.63) is 40.8 Å². The van der Waals surface area contributed by atoms with Crippen LogP contribution < -0.4 is 5.32 Å². The van der Waals surface area contributed by atoms with Gasteiger partial charge in [0.1, 0.15) is 5.69 Å². The molecule has 0 spiro atoms. The van der Waals surface area contributed by atoms with E-state index in [0.29, 0.717) is 16.6 Å². The average molecular weight is 402 g/mol. The van der Waals surface area contributed by atoms with E-state index in [2.05, 4.69) is 30.2 Å². The maximum absolute atomic E-state index is 5.94. The zero-order valence-electron chi connectivity index (χ0n) is 12.6. The SMILES string of the molecule is Cc1nc(Nc2nc(-c3ccccn3)nc(C(Cl)(Cl)Cl)n2)sc1C. The number of hydrogen-bond donors (Lipinski definition) is 1. The molecular weight excluding hydrogens is 391 g/mol. The van der Waals surface area contributed by atoms with Crippen molar-refractivity contribution in [3.8, 4) is 11.5 Å². The van der Waals surface area contributed by atoms with Crippen LogP contribution in [-0.2, 0) is 3.79 Å². The first kappa shape index (κ1) is 17.3. The number of hydrogen-bond acceptors (Lipinski definition) is 7. The van der Waals surface area contributed by atoms with Crippen LogP contribution in [0.1, 0.15) is 16.4 Å². The van der Waals surface area contributed by atoms with Crippen molar-refractivity contribution in [2.75, 3.05) is 5.32 Å². The molecule has 1 N–H and O–H groups in total. The van der Waals surface area contributed by atoms with Gasteiger partial charge in [-0.3, -0.25) is 10.3 Å². The van der Waals surface area contributed by atoms with E-state index in [9.17, 15) is 0 Å². The van der Waals surface area contributed by atoms with Gasteiger partial charge in [0.15, 0.2) is 16.8 Å². The van der Waals surface area contributed by atoms with Crippen molar-refractivity contribution in [2.45, 2.75) is 17.6 Å². The maximum atomic E-state index is 5.94. The summed E-state index contributed by atoms with van der Waals surface area (Å²) < 4.78 is -1.78. The summed E-state index contributed by atoms with van der Waals surface area (Å²) in [6.07, 6.45) is 1.63. The van der Waals surface area contributed by atoms with Crippen LogP contribution in [0.2, 0.25) is 0 Å². The molecule has 6 nitrogen and oxygen atoms in total. The minimum absolute atomic E-state index is 0.00986. The molecule has 0 saturated carbocycles. The molecule has 0 atom stereocenters. The number of rotatable bonds is 3. The van der Waals surface area contributed by atoms with Crippen molar-refractivity contribution in [3.63, 3.8) is 0 Å². The lowest BCUT2D eigenvalue weighted by molar-refractivity contribution is 0.926. The molecule has 0 aliphatic heterocycles. The van der Waals surface area contributed by atoms with Crippen LogP contribution in [0.15, 0.2) is 24.4 Å². The zero-order chi connectivity index (χ0) is 17.3. The highest BCUT2D eigenvalue weighted by Crippen LogP contribution is 2.37. The van der Waals surface area contributed by atoms with Crippen LogP contribution in [0.5, 0.6) is 0 Å². The highest BCUT2D eigenvalue weighted by Gasteiger charge is 2.29. The molecule has 24 heavy (non-hydrogen) atoms. The summed E-state index contributed by atoms with van der Waals surface area (Å²) in [7, 11) is 0. The molecule has 0 aliphatic carbocycles. The molecule has 0 amide bonds. The Hall–Kier alpha value is -1.54. The summed E-state index contributed by atoms with van der Waals surface area (Å²) in [5, 5.41) is 3.68. The summed E-state index contributed by atoms with van der Waals surface area (Å²) in [6.45, 7) is 3.91. The number of nitrogens with one attached hydrogen (secondary N) is 1. The molecule has 0 aromatic carbocycles. The molecule has 10 heteroatoms. The second kappa shape index (κ2) is 6.76. The average Bonchev–Trinajstić information content (AvgIpc) is 2.85. The van der Waals surface area contributed by atoms with E-state index in [1.165, 1.54) is 11.3 Å². The quantitative estimate of drug-likeness (QED) is 0.647. The topological polar surface area (TPSA) is 76.5 Å². The van der Waals surface area contributed by atoms with E-state index < -0.39 is 3.79 Å². The number of aromatic nitrogens is 5. The summed E-state index contributed by atoms with van der Waals surface area (Å²) in [5.41, 5.74) is 1.48. The predicted octanol–water partition coefficient (Wildman–Crippen LogP) is 4.58. The van der Waals surface area contributed by atoms with Crippen molar-refractivity contribution >= 4 is 57.2 Å². The van der Waals surface area contributed by atoms with Gasteiger partial charge in [-0.25, -0.2) is 9.97 Å². The second-order valence-electron chi connectivity index (χ2n) is 4.80. The van der Waals surface area contributed by atoms with Gasteiger partial charge in [-0.2, -0.15) is 9.97 Å². The highest BCUT2D eigenvalue weighted by molar-refractivity contribution is 7.15. The largest absolute Gasteiger partial charge is 0.300 e. The lowest BCUT2D eigenvalue weighted by atomic mass is 10.3. The van der Waals surface area contributed by atoms with Crippen LogP contribution in [0.3, 0.4) is 0 Å². The Morgan fingerprint density at radius 2 is 1.83 bits per heavy atom. The molecule has 3 rings (SSSR count). The fraction of sp³-hybridized carbons (Fsp3) is 0.214. The summed E-state index contributed by atoms with van der Waals surface area (Å²) in [4.78, 5) is 22.4. The molecule has 124 valence electrons. The molecule has 0 aliphatic rings. The molecule has 0 unspecified atom stereocenters. The number of anilines is 2. The number of alkyl halides is 3. The number of nitrogens with zero attached hydrogens (tertiary/aromatic N) is 5. The van der Waals surface area contributed by atoms with E-state index in [4.69, 9.17) is 34.8 Å². The van der Waals surface area contributed by atoms with E-state index in [-0.39, 0.29) is 11.8 Å². The van der Waals surface area contributed by atoms with Gasteiger partial charge in [-0.1, -0.05) is 40.9 Å². The number of pyridine rings is 1. The highest BCUT2D eigenvalue weighted by atomic mass is 35.6. The molecule has 3 aromatic rings. The predicted molar refractivity (Wildman–Crippen MR) is 97.2 cm³/mol. The van der Waals surface area contributed by atoms with Gasteiger partial charge in [-0.15, -0.1) is 11.3 Å². The molecule has 0 radical (unpaired) electrons. The van der Waals surface area contributed by atoms with Crippen LogP contribution in [0.4, 0.5) is 11.1 Å². The van der Waals surface area contributed by atoms with Gasteiger partial charge in [0.05, 0.1) is 5.69 Å². The first-order chi connectivity index (χ1) is 11.3. The molecule has 0 saturated heterocycles. The van der Waals surface area contributed by atoms with Gasteiger partial charge in [0, 0.05) is 11.1 Å². The lowest BCUT2D eigenvalue weighted by Crippen LogP contribution is -2.12. The van der Waals surface area contributed by atoms with Crippen molar-refractivity contribution in [2.24, 2.45) is 0 Å². The third-order valence-electron chi connectivity index (χ3n) is 3.03. The van der Waals surface area contributed by atoms with Gasteiger partial charge >= 0.3 is 0 Å². The minimum atomic E-state index is -1.78. The van der Waals surface area contributed by atoms with Crippen molar-refractivity contribution in [1.82, 2.24) is 24.9 Å². The molecule has 0 fully saturated rings. The third-order valence-corrected chi connectivity index (χ3v) is 4.53. The molecule has 3 aromatic heterocycles. The maximum Gasteiger partial charge on any atom is 0.250 e. The summed E-state index contributed by atoms with van der Waals surface area (Å²) in [5.74, 6) is 0.552. The van der Waals surface area contributed by atoms with Crippen LogP contribution in [0, 0.1) is 13.8 Å². The second-order valence-corrected chi connectivity index (χ2v) is 8.29. The van der Waals surface area contributed by atoms with Gasteiger partial charge in [0.2, 0.25) is 9.74 Å². The number of thiazole rings is 1. The van der Waals surface area contributed by atoms with Crippen LogP contribution >= 0.6 is 46.1 Å². The zero-order valence-corrected chi connectivity index (χ0v) is 15.7. The standard InChI is InChI=1S/C14H11Cl3N6S/c1-7-8(2)24-13(19-7)23-12-21-10(9-5-3-4-6-18-9)20-11(22-12)14(15,16)17/h3-6H,1-2H3,(H,19,20,21,22,23). The normalized spacial score (nSPS) is 11.5. The minimum Gasteiger partial charge on any atom is -0.300 e. The Morgan fingerprint density at radius 3 is 2.42 bits per heavy atom. The Kier molecular flexibility index (Phi) is 4.87. The Morgan fingerprint density at radius 1 is 1.04 bits per heavy atom. The fourth-order valence-electron chi connectivity index (χ4n) is 1.79. The van der Waals surface area contributed by atoms with Crippen LogP contribution in [0.25, 0.3) is 11.5 Å². The molecular formula is C14H11Cl3N6S. The first-order valence-electron chi connectivity index (χ1n) is 6.78. The van der Waals surface area contributed by atoms with Crippen molar-refractivity contribution < 1.29 is 0 Å².